The Morgan fingerprint density at radius 1 is 1.22 bits per heavy atom. The van der Waals surface area contributed by atoms with Gasteiger partial charge in [-0.15, -0.1) is 0 Å². The number of ketones is 1. The Kier molecular flexibility index (Phi) is 4.86. The quantitative estimate of drug-likeness (QED) is 0.541. The summed E-state index contributed by atoms with van der Waals surface area (Å²) in [6, 6.07) is 7.71. The average Bonchev–Trinajstić information content (AvgIpc) is 3.28. The van der Waals surface area contributed by atoms with Crippen LogP contribution in [-0.4, -0.2) is 27.3 Å². The predicted molar refractivity (Wildman–Crippen MR) is 110 cm³/mol. The van der Waals surface area contributed by atoms with Crippen molar-refractivity contribution in [1.29, 1.82) is 0 Å². The number of para-hydroxylation sites is 1. The van der Waals surface area contributed by atoms with Crippen LogP contribution in [0.5, 0.6) is 0 Å². The highest BCUT2D eigenvalue weighted by molar-refractivity contribution is 8.01. The molecule has 0 fully saturated rings. The number of nitrogens with one attached hydrogen (secondary N) is 3. The van der Waals surface area contributed by atoms with E-state index in [0.717, 1.165) is 10.9 Å². The molecule has 27 heavy (non-hydrogen) atoms. The van der Waals surface area contributed by atoms with E-state index in [1.54, 1.807) is 6.20 Å². The zero-order valence-corrected chi connectivity index (χ0v) is 16.5. The number of rotatable bonds is 5. The molecular weight excluding hydrogens is 405 g/mol. The zero-order chi connectivity index (χ0) is 19.0. The minimum absolute atomic E-state index is 0.0120. The van der Waals surface area contributed by atoms with Crippen LogP contribution in [0.3, 0.4) is 0 Å². The van der Waals surface area contributed by atoms with Gasteiger partial charge in [-0.2, -0.15) is 5.43 Å². The number of aliphatic imine (C=N–C) groups is 1. The number of carbonyl (C=O) groups excluding carboxylic acids is 1. The van der Waals surface area contributed by atoms with E-state index in [0.29, 0.717) is 21.2 Å². The summed E-state index contributed by atoms with van der Waals surface area (Å²) in [4.78, 5) is 23.7. The fourth-order valence-corrected chi connectivity index (χ4v) is 5.14. The van der Waals surface area contributed by atoms with Gasteiger partial charge in [0, 0.05) is 40.6 Å². The molecule has 9 heteroatoms. The van der Waals surface area contributed by atoms with Gasteiger partial charge in [-0.25, -0.2) is 4.99 Å². The first-order chi connectivity index (χ1) is 13.0. The third-order valence-electron chi connectivity index (χ3n) is 4.32. The van der Waals surface area contributed by atoms with Crippen LogP contribution in [0.15, 0.2) is 47.8 Å². The molecule has 0 aliphatic carbocycles. The molecule has 1 aliphatic rings. The van der Waals surface area contributed by atoms with Crippen LogP contribution >= 0.6 is 35.0 Å². The van der Waals surface area contributed by atoms with Gasteiger partial charge in [0.15, 0.2) is 5.78 Å². The van der Waals surface area contributed by atoms with Gasteiger partial charge in [0.25, 0.3) is 0 Å². The van der Waals surface area contributed by atoms with Gasteiger partial charge in [-0.1, -0.05) is 53.2 Å². The number of nitrogens with zero attached hydrogens (tertiary/aromatic N) is 2. The van der Waals surface area contributed by atoms with Crippen molar-refractivity contribution >= 4 is 58.0 Å². The Morgan fingerprint density at radius 2 is 1.96 bits per heavy atom. The summed E-state index contributed by atoms with van der Waals surface area (Å²) in [6.45, 7) is 1.84. The molecule has 2 atom stereocenters. The molecule has 1 aliphatic heterocycles. The fraction of sp³-hybridized carbons (Fsp3) is 0.167. The summed E-state index contributed by atoms with van der Waals surface area (Å²) in [7, 11) is 0. The molecule has 1 unspecified atom stereocenters. The standard InChI is InChI=1S/C18H15Cl2N5OS/c1-10(17(26)12-6-22-15-5-3-2-4-11(12)15)27-18(23-9-24-25-18)16-13(19)7-21-8-14(16)20/h2-10,22,25H,1H3,(H,23,24)/t10-,18?/m1/s1. The highest BCUT2D eigenvalue weighted by atomic mass is 35.5. The molecule has 0 radical (unpaired) electrons. The van der Waals surface area contributed by atoms with Crippen LogP contribution in [0.2, 0.25) is 10.0 Å². The van der Waals surface area contributed by atoms with Gasteiger partial charge >= 0.3 is 0 Å². The number of pyridine rings is 1. The Bertz CT molecular complexity index is 1030. The summed E-state index contributed by atoms with van der Waals surface area (Å²) < 4.78 is 0. The number of thioether (sulfide) groups is 1. The molecular formula is C18H15Cl2N5OS. The van der Waals surface area contributed by atoms with E-state index in [2.05, 4.69) is 25.8 Å². The van der Waals surface area contributed by atoms with Crippen molar-refractivity contribution in [1.82, 2.24) is 20.8 Å². The number of hydrogen-bond acceptors (Lipinski definition) is 6. The monoisotopic (exact) mass is 419 g/mol. The second-order valence-corrected chi connectivity index (χ2v) is 8.37. The number of benzene rings is 1. The molecule has 3 heterocycles. The molecule has 0 bridgehead atoms. The minimum Gasteiger partial charge on any atom is -0.360 e. The first kappa shape index (κ1) is 18.3. The number of Topliss-reactive ketones (excluding diaryl/α,β-unsaturated/α-hetero) is 1. The summed E-state index contributed by atoms with van der Waals surface area (Å²) in [5.74, 6) is -0.0120. The van der Waals surface area contributed by atoms with Crippen molar-refractivity contribution in [2.24, 2.45) is 4.99 Å². The fourth-order valence-electron chi connectivity index (χ4n) is 3.07. The number of aromatic amines is 1. The molecule has 6 nitrogen and oxygen atoms in total. The first-order valence-electron chi connectivity index (χ1n) is 8.16. The lowest BCUT2D eigenvalue weighted by molar-refractivity contribution is 0.0995. The Morgan fingerprint density at radius 3 is 2.67 bits per heavy atom. The lowest BCUT2D eigenvalue weighted by Gasteiger charge is -2.29. The predicted octanol–water partition coefficient (Wildman–Crippen LogP) is 4.12. The Hall–Kier alpha value is -2.06. The van der Waals surface area contributed by atoms with Gasteiger partial charge in [0.2, 0.25) is 4.99 Å². The normalized spacial score (nSPS) is 20.0. The molecule has 0 saturated carbocycles. The highest BCUT2D eigenvalue weighted by Crippen LogP contribution is 2.45. The van der Waals surface area contributed by atoms with Gasteiger partial charge in [0.1, 0.15) is 6.34 Å². The topological polar surface area (TPSA) is 82.2 Å². The number of H-pyrrole nitrogens is 1. The highest BCUT2D eigenvalue weighted by Gasteiger charge is 2.41. The Balaban J connectivity index is 1.68. The number of fused-ring (bicyclic) bond motifs is 1. The van der Waals surface area contributed by atoms with Crippen molar-refractivity contribution < 1.29 is 4.79 Å². The van der Waals surface area contributed by atoms with E-state index in [4.69, 9.17) is 23.2 Å². The third kappa shape index (κ3) is 3.21. The number of aromatic nitrogens is 2. The van der Waals surface area contributed by atoms with E-state index in [9.17, 15) is 4.79 Å². The molecule has 2 aromatic heterocycles. The summed E-state index contributed by atoms with van der Waals surface area (Å²) >= 11 is 14.0. The van der Waals surface area contributed by atoms with Gasteiger partial charge < -0.3 is 10.4 Å². The minimum atomic E-state index is -1.03. The second-order valence-electron chi connectivity index (χ2n) is 6.02. The molecule has 3 aromatic rings. The smallest absolute Gasteiger partial charge is 0.205 e. The molecule has 0 amide bonds. The number of halogens is 2. The number of carbonyl (C=O) groups is 1. The molecule has 1 aromatic carbocycles. The van der Waals surface area contributed by atoms with Crippen LogP contribution < -0.4 is 10.9 Å². The van der Waals surface area contributed by atoms with E-state index in [-0.39, 0.29) is 5.78 Å². The molecule has 0 saturated heterocycles. The molecule has 138 valence electrons. The lowest BCUT2D eigenvalue weighted by Crippen LogP contribution is -2.42. The largest absolute Gasteiger partial charge is 0.360 e. The Labute approximate surface area is 169 Å². The van der Waals surface area contributed by atoms with Crippen molar-refractivity contribution in [2.45, 2.75) is 17.2 Å². The lowest BCUT2D eigenvalue weighted by atomic mass is 10.1. The maximum atomic E-state index is 13.1. The number of hydrogen-bond donors (Lipinski definition) is 3. The van der Waals surface area contributed by atoms with Crippen molar-refractivity contribution in [3.8, 4) is 0 Å². The molecule has 0 spiro atoms. The summed E-state index contributed by atoms with van der Waals surface area (Å²) in [5, 5.41) is 1.21. The SMILES string of the molecule is C[C@@H](SC1(c2c(Cl)cncc2Cl)N=CNN1)C(=O)c1c[nH]c2ccccc12. The van der Waals surface area contributed by atoms with Crippen molar-refractivity contribution in [3.05, 3.63) is 64.0 Å². The zero-order valence-electron chi connectivity index (χ0n) is 14.2. The molecule has 3 N–H and O–H groups in total. The van der Waals surface area contributed by atoms with E-state index in [1.807, 2.05) is 31.2 Å². The maximum absolute atomic E-state index is 13.1. The van der Waals surface area contributed by atoms with Gasteiger partial charge in [-0.05, 0) is 13.0 Å². The van der Waals surface area contributed by atoms with Crippen LogP contribution in [0.1, 0.15) is 22.8 Å². The van der Waals surface area contributed by atoms with Gasteiger partial charge in [-0.3, -0.25) is 9.78 Å². The second kappa shape index (κ2) is 7.16. The summed E-state index contributed by atoms with van der Waals surface area (Å²) in [6.07, 6.45) is 6.27. The van der Waals surface area contributed by atoms with Crippen LogP contribution in [0, 0.1) is 0 Å². The van der Waals surface area contributed by atoms with E-state index >= 15 is 0 Å². The average molecular weight is 420 g/mol. The summed E-state index contributed by atoms with van der Waals surface area (Å²) in [5.41, 5.74) is 8.05. The van der Waals surface area contributed by atoms with Crippen LogP contribution in [0.4, 0.5) is 0 Å². The van der Waals surface area contributed by atoms with Gasteiger partial charge in [0.05, 0.1) is 15.3 Å². The van der Waals surface area contributed by atoms with Crippen LogP contribution in [-0.2, 0) is 4.99 Å². The van der Waals surface area contributed by atoms with E-state index in [1.165, 1.54) is 30.5 Å². The van der Waals surface area contributed by atoms with Crippen molar-refractivity contribution in [3.63, 3.8) is 0 Å². The van der Waals surface area contributed by atoms with Crippen molar-refractivity contribution in [2.75, 3.05) is 0 Å². The number of hydrazine groups is 1. The van der Waals surface area contributed by atoms with Crippen LogP contribution in [0.25, 0.3) is 10.9 Å². The first-order valence-corrected chi connectivity index (χ1v) is 9.79. The molecule has 4 rings (SSSR count). The van der Waals surface area contributed by atoms with E-state index < -0.39 is 10.2 Å². The third-order valence-corrected chi connectivity index (χ3v) is 6.21. The maximum Gasteiger partial charge on any atom is 0.205 e.